The molecule has 11 heteroatoms. The van der Waals surface area contributed by atoms with Gasteiger partial charge >= 0.3 is 6.09 Å². The molecule has 0 radical (unpaired) electrons. The Hall–Kier alpha value is -3.28. The molecule has 0 atom stereocenters. The summed E-state index contributed by atoms with van der Waals surface area (Å²) in [4.78, 5) is 32.7. The number of sulfone groups is 1. The largest absolute Gasteiger partial charge is 0.450 e. The normalized spacial score (nSPS) is 13.4. The van der Waals surface area contributed by atoms with Crippen molar-refractivity contribution in [1.29, 1.82) is 0 Å². The molecular formula is C25H23N3O5S3. The Morgan fingerprint density at radius 1 is 1.08 bits per heavy atom. The van der Waals surface area contributed by atoms with Crippen LogP contribution < -0.4 is 5.32 Å². The third kappa shape index (κ3) is 4.86. The van der Waals surface area contributed by atoms with Gasteiger partial charge in [-0.25, -0.2) is 18.2 Å². The molecule has 2 amide bonds. The van der Waals surface area contributed by atoms with Gasteiger partial charge in [0.2, 0.25) is 5.91 Å². The van der Waals surface area contributed by atoms with Gasteiger partial charge in [-0.15, -0.1) is 22.7 Å². The van der Waals surface area contributed by atoms with Crippen LogP contribution in [0.25, 0.3) is 20.8 Å². The molecule has 3 heterocycles. The van der Waals surface area contributed by atoms with Crippen LogP contribution in [0, 0.1) is 0 Å². The molecule has 0 fully saturated rings. The maximum Gasteiger partial charge on any atom is 0.410 e. The van der Waals surface area contributed by atoms with Gasteiger partial charge in [0.25, 0.3) is 0 Å². The monoisotopic (exact) mass is 541 g/mol. The number of thiophene rings is 1. The van der Waals surface area contributed by atoms with Crippen molar-refractivity contribution in [3.05, 3.63) is 65.0 Å². The number of aromatic nitrogens is 1. The number of amides is 2. The Balaban J connectivity index is 1.49. The molecule has 5 rings (SSSR count). The maximum atomic E-state index is 12.9. The summed E-state index contributed by atoms with van der Waals surface area (Å²) in [6, 6.07) is 15.7. The minimum atomic E-state index is -3.80. The molecule has 1 aliphatic rings. The molecule has 0 bridgehead atoms. The van der Waals surface area contributed by atoms with Crippen molar-refractivity contribution in [2.24, 2.45) is 0 Å². The maximum absolute atomic E-state index is 12.9. The molecule has 1 aliphatic heterocycles. The van der Waals surface area contributed by atoms with Gasteiger partial charge in [0.15, 0.2) is 9.84 Å². The van der Waals surface area contributed by atoms with Gasteiger partial charge in [0.05, 0.1) is 28.3 Å². The fraction of sp³-hybridized carbons (Fsp3) is 0.240. The van der Waals surface area contributed by atoms with Crippen molar-refractivity contribution >= 4 is 59.7 Å². The van der Waals surface area contributed by atoms with E-state index in [1.165, 1.54) is 34.8 Å². The average molecular weight is 542 g/mol. The van der Waals surface area contributed by atoms with Crippen molar-refractivity contribution in [3.63, 3.8) is 0 Å². The van der Waals surface area contributed by atoms with Crippen molar-refractivity contribution in [2.45, 2.75) is 24.8 Å². The first-order chi connectivity index (χ1) is 17.4. The Labute approximate surface area is 216 Å². The van der Waals surface area contributed by atoms with E-state index in [0.717, 1.165) is 31.2 Å². The molecule has 2 aromatic carbocycles. The summed E-state index contributed by atoms with van der Waals surface area (Å²) in [6.45, 7) is 2.90. The van der Waals surface area contributed by atoms with Crippen LogP contribution in [0.1, 0.15) is 17.4 Å². The molecule has 0 unspecified atom stereocenters. The number of hydrogen-bond donors (Lipinski definition) is 1. The SMILES string of the molecule is CCOC(=O)N1CCc2c(sc(NC(=O)CS(=O)(=O)c3ccccc3)c2-c2nc3ccccc3s2)C1. The van der Waals surface area contributed by atoms with Crippen LogP contribution in [-0.4, -0.2) is 49.2 Å². The Bertz CT molecular complexity index is 1510. The second-order valence-electron chi connectivity index (χ2n) is 8.19. The smallest absolute Gasteiger partial charge is 0.410 e. The number of carbonyl (C=O) groups is 2. The van der Waals surface area contributed by atoms with Gasteiger partial charge in [-0.2, -0.15) is 0 Å². The van der Waals surface area contributed by atoms with Gasteiger partial charge in [0.1, 0.15) is 15.8 Å². The molecule has 0 spiro atoms. The highest BCUT2D eigenvalue weighted by Crippen LogP contribution is 2.45. The summed E-state index contributed by atoms with van der Waals surface area (Å²) < 4.78 is 31.7. The second-order valence-corrected chi connectivity index (χ2v) is 12.3. The average Bonchev–Trinajstić information content (AvgIpc) is 3.44. The fourth-order valence-corrected chi connectivity index (χ4v) is 7.66. The minimum Gasteiger partial charge on any atom is -0.450 e. The summed E-state index contributed by atoms with van der Waals surface area (Å²) in [5.41, 5.74) is 2.66. The highest BCUT2D eigenvalue weighted by Gasteiger charge is 2.30. The lowest BCUT2D eigenvalue weighted by molar-refractivity contribution is -0.113. The van der Waals surface area contributed by atoms with E-state index in [1.54, 1.807) is 30.0 Å². The van der Waals surface area contributed by atoms with Crippen LogP contribution >= 0.6 is 22.7 Å². The summed E-state index contributed by atoms with van der Waals surface area (Å²) in [5, 5.41) is 4.13. The van der Waals surface area contributed by atoms with E-state index >= 15 is 0 Å². The Kier molecular flexibility index (Phi) is 6.78. The van der Waals surface area contributed by atoms with Gasteiger partial charge in [-0.05, 0) is 43.2 Å². The molecule has 0 saturated heterocycles. The quantitative estimate of drug-likeness (QED) is 0.370. The van der Waals surface area contributed by atoms with Crippen LogP contribution in [0.5, 0.6) is 0 Å². The molecule has 186 valence electrons. The fourth-order valence-electron chi connectivity index (χ4n) is 4.11. The van der Waals surface area contributed by atoms with Crippen LogP contribution in [0.15, 0.2) is 59.5 Å². The zero-order chi connectivity index (χ0) is 25.3. The van der Waals surface area contributed by atoms with Gasteiger partial charge in [0, 0.05) is 17.0 Å². The van der Waals surface area contributed by atoms with Crippen LogP contribution in [0.3, 0.4) is 0 Å². The van der Waals surface area contributed by atoms with Gasteiger partial charge in [-0.1, -0.05) is 30.3 Å². The van der Waals surface area contributed by atoms with Crippen LogP contribution in [-0.2, 0) is 32.3 Å². The number of carbonyl (C=O) groups excluding carboxylic acids is 2. The van der Waals surface area contributed by atoms with Gasteiger partial charge < -0.3 is 15.0 Å². The lowest BCUT2D eigenvalue weighted by Gasteiger charge is -2.26. The van der Waals surface area contributed by atoms with Crippen molar-refractivity contribution < 1.29 is 22.7 Å². The van der Waals surface area contributed by atoms with E-state index in [1.807, 2.05) is 24.3 Å². The van der Waals surface area contributed by atoms with E-state index in [2.05, 4.69) is 5.32 Å². The second kappa shape index (κ2) is 10.00. The van der Waals surface area contributed by atoms with E-state index in [-0.39, 0.29) is 11.0 Å². The number of ether oxygens (including phenoxy) is 1. The third-order valence-corrected chi connectivity index (χ3v) is 9.59. The minimum absolute atomic E-state index is 0.0992. The zero-order valence-corrected chi connectivity index (χ0v) is 21.8. The number of rotatable bonds is 6. The summed E-state index contributed by atoms with van der Waals surface area (Å²) >= 11 is 2.86. The molecule has 0 saturated carbocycles. The van der Waals surface area contributed by atoms with E-state index < -0.39 is 21.5 Å². The first-order valence-electron chi connectivity index (χ1n) is 11.4. The van der Waals surface area contributed by atoms with Crippen molar-refractivity contribution in [1.82, 2.24) is 9.88 Å². The molecule has 0 aliphatic carbocycles. The number of hydrogen-bond acceptors (Lipinski definition) is 8. The predicted octanol–water partition coefficient (Wildman–Crippen LogP) is 4.95. The number of para-hydroxylation sites is 1. The summed E-state index contributed by atoms with van der Waals surface area (Å²) in [6.07, 6.45) is 0.200. The lowest BCUT2D eigenvalue weighted by atomic mass is 10.0. The molecule has 1 N–H and O–H groups in total. The number of anilines is 1. The van der Waals surface area contributed by atoms with E-state index in [0.29, 0.717) is 31.1 Å². The highest BCUT2D eigenvalue weighted by atomic mass is 32.2. The van der Waals surface area contributed by atoms with Crippen molar-refractivity contribution in [3.8, 4) is 10.6 Å². The number of benzene rings is 2. The first-order valence-corrected chi connectivity index (χ1v) is 14.6. The zero-order valence-electron chi connectivity index (χ0n) is 19.4. The number of fused-ring (bicyclic) bond motifs is 2. The lowest BCUT2D eigenvalue weighted by Crippen LogP contribution is -2.35. The molecule has 8 nitrogen and oxygen atoms in total. The molecule has 4 aromatic rings. The third-order valence-electron chi connectivity index (χ3n) is 5.77. The Morgan fingerprint density at radius 2 is 1.83 bits per heavy atom. The van der Waals surface area contributed by atoms with E-state index in [9.17, 15) is 18.0 Å². The highest BCUT2D eigenvalue weighted by molar-refractivity contribution is 7.92. The molecule has 36 heavy (non-hydrogen) atoms. The number of nitrogens with one attached hydrogen (secondary N) is 1. The molecular weight excluding hydrogens is 518 g/mol. The van der Waals surface area contributed by atoms with Crippen LogP contribution in [0.2, 0.25) is 0 Å². The standard InChI is InChI=1S/C25H23N3O5S3/c1-2-33-25(30)28-13-12-17-20(14-28)35-24(22(17)23-26-18-10-6-7-11-19(18)34-23)27-21(29)15-36(31,32)16-8-4-3-5-9-16/h3-11H,2,12-15H2,1H3,(H,27,29). The molecule has 2 aromatic heterocycles. The first kappa shape index (κ1) is 24.4. The van der Waals surface area contributed by atoms with Crippen LogP contribution in [0.4, 0.5) is 9.80 Å². The summed E-state index contributed by atoms with van der Waals surface area (Å²) in [7, 11) is -3.80. The van der Waals surface area contributed by atoms with E-state index in [4.69, 9.17) is 9.72 Å². The van der Waals surface area contributed by atoms with Gasteiger partial charge in [-0.3, -0.25) is 4.79 Å². The topological polar surface area (TPSA) is 106 Å². The Morgan fingerprint density at radius 3 is 2.58 bits per heavy atom. The summed E-state index contributed by atoms with van der Waals surface area (Å²) in [5.74, 6) is -1.30. The number of thiazole rings is 1. The predicted molar refractivity (Wildman–Crippen MR) is 141 cm³/mol. The van der Waals surface area contributed by atoms with Crippen molar-refractivity contribution in [2.75, 3.05) is 24.2 Å². The number of nitrogens with zero attached hydrogens (tertiary/aromatic N) is 2.